The maximum atomic E-state index is 5.94. The Morgan fingerprint density at radius 2 is 2.10 bits per heavy atom. The van der Waals surface area contributed by atoms with Crippen LogP contribution in [0, 0.1) is 0 Å². The monoisotopic (exact) mass is 348 g/mol. The van der Waals surface area contributed by atoms with Gasteiger partial charge in [-0.3, -0.25) is 4.90 Å². The summed E-state index contributed by atoms with van der Waals surface area (Å²) in [4.78, 5) is 10.4. The molecule has 0 radical (unpaired) electrons. The number of ether oxygens (including phenoxy) is 1. The number of halogens is 1. The topological polar surface area (TPSA) is 64.3 Å². The summed E-state index contributed by atoms with van der Waals surface area (Å²) in [7, 11) is 0. The van der Waals surface area contributed by atoms with Crippen LogP contribution in [-0.4, -0.2) is 34.1 Å². The van der Waals surface area contributed by atoms with Crippen molar-refractivity contribution in [2.75, 3.05) is 18.8 Å². The molecule has 110 valence electrons. The molecule has 2 aromatic rings. The zero-order valence-electron chi connectivity index (χ0n) is 11.6. The van der Waals surface area contributed by atoms with Crippen LogP contribution in [0.1, 0.15) is 12.0 Å². The highest BCUT2D eigenvalue weighted by Gasteiger charge is 2.25. The van der Waals surface area contributed by atoms with E-state index in [1.54, 1.807) is 0 Å². The molecule has 1 unspecified atom stereocenters. The minimum absolute atomic E-state index is 0.138. The Morgan fingerprint density at radius 3 is 2.90 bits per heavy atom. The van der Waals surface area contributed by atoms with Gasteiger partial charge in [-0.25, -0.2) is 9.97 Å². The van der Waals surface area contributed by atoms with Crippen LogP contribution in [0.15, 0.2) is 41.1 Å². The predicted molar refractivity (Wildman–Crippen MR) is 84.9 cm³/mol. The molecule has 1 aliphatic rings. The highest BCUT2D eigenvalue weighted by molar-refractivity contribution is 9.10. The van der Waals surface area contributed by atoms with Crippen molar-refractivity contribution >= 4 is 21.7 Å². The summed E-state index contributed by atoms with van der Waals surface area (Å²) in [5, 5.41) is 0. The van der Waals surface area contributed by atoms with Crippen molar-refractivity contribution in [1.82, 2.24) is 14.9 Å². The van der Waals surface area contributed by atoms with Crippen molar-refractivity contribution in [2.24, 2.45) is 0 Å². The number of hydrogen-bond donors (Lipinski definition) is 1. The van der Waals surface area contributed by atoms with E-state index in [0.717, 1.165) is 26.1 Å². The summed E-state index contributed by atoms with van der Waals surface area (Å²) < 4.78 is 6.57. The number of likely N-dealkylation sites (tertiary alicyclic amines) is 1. The summed E-state index contributed by atoms with van der Waals surface area (Å²) in [5.41, 5.74) is 7.06. The minimum Gasteiger partial charge on any atom is -0.472 e. The molecule has 0 saturated carbocycles. The van der Waals surface area contributed by atoms with Crippen molar-refractivity contribution in [3.8, 4) is 5.88 Å². The first-order chi connectivity index (χ1) is 10.2. The smallest absolute Gasteiger partial charge is 0.233 e. The van der Waals surface area contributed by atoms with Crippen LogP contribution in [0.4, 0.5) is 5.82 Å². The Balaban J connectivity index is 1.59. The molecule has 2 N–H and O–H groups in total. The van der Waals surface area contributed by atoms with Crippen molar-refractivity contribution < 1.29 is 4.74 Å². The standard InChI is InChI=1S/C15H17BrN4O/c16-13-14(17)18-10-19-15(13)21-12-6-7-20(9-12)8-11-4-2-1-3-5-11/h1-5,10,12H,6-9H2,(H2,17,18,19). The molecule has 1 aliphatic heterocycles. The fraction of sp³-hybridized carbons (Fsp3) is 0.333. The molecule has 2 heterocycles. The van der Waals surface area contributed by atoms with Gasteiger partial charge in [-0.2, -0.15) is 0 Å². The van der Waals surface area contributed by atoms with Crippen LogP contribution in [0.5, 0.6) is 5.88 Å². The zero-order chi connectivity index (χ0) is 14.7. The van der Waals surface area contributed by atoms with Gasteiger partial charge in [0.1, 0.15) is 22.7 Å². The van der Waals surface area contributed by atoms with Gasteiger partial charge in [-0.15, -0.1) is 0 Å². The van der Waals surface area contributed by atoms with E-state index in [0.29, 0.717) is 16.2 Å². The lowest BCUT2D eigenvalue weighted by Gasteiger charge is -2.17. The lowest BCUT2D eigenvalue weighted by Crippen LogP contribution is -2.25. The van der Waals surface area contributed by atoms with E-state index in [2.05, 4.69) is 55.1 Å². The van der Waals surface area contributed by atoms with Gasteiger partial charge < -0.3 is 10.5 Å². The third kappa shape index (κ3) is 3.51. The number of rotatable bonds is 4. The zero-order valence-corrected chi connectivity index (χ0v) is 13.2. The number of nitrogen functional groups attached to an aromatic ring is 1. The lowest BCUT2D eigenvalue weighted by molar-refractivity contribution is 0.190. The second-order valence-electron chi connectivity index (χ2n) is 5.13. The van der Waals surface area contributed by atoms with Crippen LogP contribution in [0.2, 0.25) is 0 Å². The van der Waals surface area contributed by atoms with E-state index < -0.39 is 0 Å². The van der Waals surface area contributed by atoms with E-state index >= 15 is 0 Å². The molecule has 0 spiro atoms. The van der Waals surface area contributed by atoms with Gasteiger partial charge in [-0.05, 0) is 27.9 Å². The van der Waals surface area contributed by atoms with Gasteiger partial charge in [0.15, 0.2) is 0 Å². The van der Waals surface area contributed by atoms with Crippen LogP contribution in [0.25, 0.3) is 0 Å². The second-order valence-corrected chi connectivity index (χ2v) is 5.92. The first-order valence-electron chi connectivity index (χ1n) is 6.91. The average Bonchev–Trinajstić information content (AvgIpc) is 2.92. The summed E-state index contributed by atoms with van der Waals surface area (Å²) in [6.45, 7) is 2.87. The van der Waals surface area contributed by atoms with Gasteiger partial charge in [0.05, 0.1) is 0 Å². The molecule has 6 heteroatoms. The Bertz CT molecular complexity index is 608. The molecule has 5 nitrogen and oxygen atoms in total. The van der Waals surface area contributed by atoms with E-state index in [9.17, 15) is 0 Å². The summed E-state index contributed by atoms with van der Waals surface area (Å²) in [6.07, 6.45) is 2.55. The molecule has 21 heavy (non-hydrogen) atoms. The van der Waals surface area contributed by atoms with Crippen molar-refractivity contribution in [3.05, 3.63) is 46.7 Å². The van der Waals surface area contributed by atoms with E-state index in [-0.39, 0.29) is 6.10 Å². The van der Waals surface area contributed by atoms with Crippen LogP contribution < -0.4 is 10.5 Å². The Labute approximate surface area is 132 Å². The third-order valence-corrected chi connectivity index (χ3v) is 4.29. The van der Waals surface area contributed by atoms with Crippen LogP contribution in [-0.2, 0) is 6.54 Å². The highest BCUT2D eigenvalue weighted by atomic mass is 79.9. The number of nitrogens with zero attached hydrogens (tertiary/aromatic N) is 3. The molecule has 1 saturated heterocycles. The molecular weight excluding hydrogens is 332 g/mol. The largest absolute Gasteiger partial charge is 0.472 e. The van der Waals surface area contributed by atoms with Gasteiger partial charge in [0.25, 0.3) is 0 Å². The first-order valence-corrected chi connectivity index (χ1v) is 7.70. The number of anilines is 1. The summed E-state index contributed by atoms with van der Waals surface area (Å²) >= 11 is 3.37. The SMILES string of the molecule is Nc1ncnc(OC2CCN(Cc3ccccc3)C2)c1Br. The molecule has 0 aliphatic carbocycles. The third-order valence-electron chi connectivity index (χ3n) is 3.54. The molecular formula is C15H17BrN4O. The summed E-state index contributed by atoms with van der Waals surface area (Å²) in [5.74, 6) is 0.924. The average molecular weight is 349 g/mol. The van der Waals surface area contributed by atoms with Gasteiger partial charge >= 0.3 is 0 Å². The maximum Gasteiger partial charge on any atom is 0.233 e. The lowest BCUT2D eigenvalue weighted by atomic mass is 10.2. The number of benzene rings is 1. The number of aromatic nitrogens is 2. The molecule has 3 rings (SSSR count). The van der Waals surface area contributed by atoms with Crippen LogP contribution >= 0.6 is 15.9 Å². The number of hydrogen-bond acceptors (Lipinski definition) is 5. The molecule has 0 amide bonds. The van der Waals surface area contributed by atoms with Crippen molar-refractivity contribution in [2.45, 2.75) is 19.1 Å². The van der Waals surface area contributed by atoms with Crippen molar-refractivity contribution in [3.63, 3.8) is 0 Å². The fourth-order valence-corrected chi connectivity index (χ4v) is 2.78. The van der Waals surface area contributed by atoms with Gasteiger partial charge in [0.2, 0.25) is 5.88 Å². The first kappa shape index (κ1) is 14.3. The number of nitrogens with two attached hydrogens (primary N) is 1. The van der Waals surface area contributed by atoms with Gasteiger partial charge in [0, 0.05) is 19.6 Å². The minimum atomic E-state index is 0.138. The predicted octanol–water partition coefficient (Wildman–Crippen LogP) is 2.47. The van der Waals surface area contributed by atoms with E-state index in [1.807, 2.05) is 6.07 Å². The molecule has 1 fully saturated rings. The van der Waals surface area contributed by atoms with Gasteiger partial charge in [-0.1, -0.05) is 30.3 Å². The van der Waals surface area contributed by atoms with Crippen LogP contribution in [0.3, 0.4) is 0 Å². The van der Waals surface area contributed by atoms with E-state index in [1.165, 1.54) is 11.9 Å². The normalized spacial score (nSPS) is 18.8. The highest BCUT2D eigenvalue weighted by Crippen LogP contribution is 2.28. The second kappa shape index (κ2) is 6.41. The Morgan fingerprint density at radius 1 is 1.29 bits per heavy atom. The molecule has 0 bridgehead atoms. The molecule has 1 atom stereocenters. The fourth-order valence-electron chi connectivity index (χ4n) is 2.48. The van der Waals surface area contributed by atoms with Crippen molar-refractivity contribution in [1.29, 1.82) is 0 Å². The van der Waals surface area contributed by atoms with E-state index in [4.69, 9.17) is 10.5 Å². The Kier molecular flexibility index (Phi) is 4.36. The maximum absolute atomic E-state index is 5.94. The Hall–Kier alpha value is -1.66. The molecule has 1 aromatic heterocycles. The quantitative estimate of drug-likeness (QED) is 0.919. The molecule has 1 aromatic carbocycles. The summed E-state index contributed by atoms with van der Waals surface area (Å²) in [6, 6.07) is 10.5.